The molecule has 0 amide bonds. The average molecular weight is 378 g/mol. The Bertz CT molecular complexity index is 455. The lowest BCUT2D eigenvalue weighted by molar-refractivity contribution is 0.418. The Kier molecular flexibility index (Phi) is 15.6. The van der Waals surface area contributed by atoms with Crippen LogP contribution in [0.3, 0.4) is 0 Å². The Morgan fingerprint density at radius 3 is 1.56 bits per heavy atom. The van der Waals surface area contributed by atoms with Crippen LogP contribution in [0.5, 0.6) is 0 Å². The van der Waals surface area contributed by atoms with Crippen LogP contribution in [0.4, 0.5) is 0 Å². The molecule has 0 saturated carbocycles. The minimum Gasteiger partial charge on any atom is -0.412 e. The molecule has 1 atom stereocenters. The number of nitrogens with two attached hydrogens (primary N) is 1. The van der Waals surface area contributed by atoms with Crippen LogP contribution in [0.2, 0.25) is 0 Å². The molecule has 0 radical (unpaired) electrons. The van der Waals surface area contributed by atoms with Crippen LogP contribution in [0, 0.1) is 6.92 Å². The van der Waals surface area contributed by atoms with Gasteiger partial charge in [-0.3, -0.25) is 0 Å². The molecule has 0 saturated heterocycles. The zero-order valence-corrected chi connectivity index (χ0v) is 18.5. The molecule has 0 aromatic heterocycles. The highest BCUT2D eigenvalue weighted by Gasteiger charge is 2.21. The number of benzene rings is 1. The summed E-state index contributed by atoms with van der Waals surface area (Å²) in [5.41, 5.74) is 9.04. The van der Waals surface area contributed by atoms with Crippen molar-refractivity contribution < 1.29 is 5.48 Å². The molecule has 1 unspecified atom stereocenters. The van der Waals surface area contributed by atoms with Crippen LogP contribution in [0.25, 0.3) is 0 Å². The van der Waals surface area contributed by atoms with Crippen LogP contribution >= 0.6 is 0 Å². The summed E-state index contributed by atoms with van der Waals surface area (Å²) >= 11 is 0. The monoisotopic (exact) mass is 377 g/mol. The Labute approximate surface area is 169 Å². The molecule has 4 N–H and O–H groups in total. The number of hydrogen-bond donors (Lipinski definition) is 1. The van der Waals surface area contributed by atoms with Crippen molar-refractivity contribution in [3.05, 3.63) is 35.4 Å². The summed E-state index contributed by atoms with van der Waals surface area (Å²) in [5, 5.41) is 0. The molecular weight excluding hydrogens is 330 g/mol. The first kappa shape index (κ1) is 26.1. The third kappa shape index (κ3) is 12.3. The van der Waals surface area contributed by atoms with Gasteiger partial charge in [-0.15, -0.1) is 0 Å². The van der Waals surface area contributed by atoms with E-state index in [-0.39, 0.29) is 11.0 Å². The predicted octanol–water partition coefficient (Wildman–Crippen LogP) is 7.22. The quantitative estimate of drug-likeness (QED) is 0.304. The van der Waals surface area contributed by atoms with Gasteiger partial charge in [0.05, 0.1) is 0 Å². The lowest BCUT2D eigenvalue weighted by Crippen LogP contribution is -2.33. The highest BCUT2D eigenvalue weighted by atomic mass is 16.0. The Balaban J connectivity index is 0.00000676. The van der Waals surface area contributed by atoms with Crippen LogP contribution in [0.1, 0.15) is 121 Å². The second-order valence-corrected chi connectivity index (χ2v) is 8.58. The van der Waals surface area contributed by atoms with E-state index in [9.17, 15) is 0 Å². The van der Waals surface area contributed by atoms with Crippen LogP contribution in [-0.4, -0.2) is 5.48 Å². The van der Waals surface area contributed by atoms with Gasteiger partial charge in [0.15, 0.2) is 0 Å². The van der Waals surface area contributed by atoms with Gasteiger partial charge in [0.2, 0.25) is 0 Å². The van der Waals surface area contributed by atoms with E-state index in [4.69, 9.17) is 5.73 Å². The molecule has 27 heavy (non-hydrogen) atoms. The molecule has 158 valence electrons. The van der Waals surface area contributed by atoms with Crippen LogP contribution in [-0.2, 0) is 5.54 Å². The fraction of sp³-hybridized carbons (Fsp3) is 0.760. The van der Waals surface area contributed by atoms with Gasteiger partial charge in [-0.2, -0.15) is 0 Å². The SMILES string of the molecule is CCCCCCCCCCCCCCCCC(C)(N)c1ccccc1C.O. The summed E-state index contributed by atoms with van der Waals surface area (Å²) in [6, 6.07) is 8.57. The van der Waals surface area contributed by atoms with Gasteiger partial charge in [-0.25, -0.2) is 0 Å². The zero-order chi connectivity index (χ0) is 19.1. The van der Waals surface area contributed by atoms with E-state index in [1.807, 2.05) is 0 Å². The van der Waals surface area contributed by atoms with E-state index < -0.39 is 0 Å². The van der Waals surface area contributed by atoms with Gasteiger partial charge >= 0.3 is 0 Å². The lowest BCUT2D eigenvalue weighted by atomic mass is 9.85. The van der Waals surface area contributed by atoms with Crippen molar-refractivity contribution in [2.75, 3.05) is 0 Å². The Hall–Kier alpha value is -0.860. The van der Waals surface area contributed by atoms with Crippen molar-refractivity contribution in [3.8, 4) is 0 Å². The summed E-state index contributed by atoms with van der Waals surface area (Å²) in [5.74, 6) is 0. The van der Waals surface area contributed by atoms with Gasteiger partial charge in [0.1, 0.15) is 0 Å². The van der Waals surface area contributed by atoms with Gasteiger partial charge in [-0.1, -0.05) is 121 Å². The van der Waals surface area contributed by atoms with E-state index in [1.165, 1.54) is 101 Å². The molecule has 0 aliphatic rings. The molecule has 2 heteroatoms. The summed E-state index contributed by atoms with van der Waals surface area (Å²) in [6.45, 7) is 6.65. The van der Waals surface area contributed by atoms with Crippen molar-refractivity contribution in [2.24, 2.45) is 5.73 Å². The van der Waals surface area contributed by atoms with Crippen molar-refractivity contribution in [3.63, 3.8) is 0 Å². The largest absolute Gasteiger partial charge is 0.412 e. The zero-order valence-electron chi connectivity index (χ0n) is 18.5. The van der Waals surface area contributed by atoms with Crippen molar-refractivity contribution >= 4 is 0 Å². The Morgan fingerprint density at radius 1 is 0.704 bits per heavy atom. The summed E-state index contributed by atoms with van der Waals surface area (Å²) < 4.78 is 0. The third-order valence-electron chi connectivity index (χ3n) is 5.81. The normalized spacial score (nSPS) is 13.2. The maximum absolute atomic E-state index is 6.59. The first-order valence-electron chi connectivity index (χ1n) is 11.4. The molecule has 0 bridgehead atoms. The average Bonchev–Trinajstić information content (AvgIpc) is 2.62. The summed E-state index contributed by atoms with van der Waals surface area (Å²) in [7, 11) is 0. The first-order chi connectivity index (χ1) is 12.6. The molecular formula is C25H47NO. The number of rotatable bonds is 16. The second kappa shape index (κ2) is 16.1. The van der Waals surface area contributed by atoms with Gasteiger partial charge in [-0.05, 0) is 31.4 Å². The maximum atomic E-state index is 6.59. The maximum Gasteiger partial charge on any atom is 0.0383 e. The van der Waals surface area contributed by atoms with Gasteiger partial charge in [0, 0.05) is 5.54 Å². The molecule has 0 spiro atoms. The Morgan fingerprint density at radius 2 is 1.11 bits per heavy atom. The minimum atomic E-state index is -0.178. The first-order valence-corrected chi connectivity index (χ1v) is 11.4. The fourth-order valence-corrected chi connectivity index (χ4v) is 4.04. The van der Waals surface area contributed by atoms with Crippen molar-refractivity contribution in [2.45, 2.75) is 123 Å². The molecule has 2 nitrogen and oxygen atoms in total. The number of unbranched alkanes of at least 4 members (excludes halogenated alkanes) is 13. The molecule has 0 heterocycles. The smallest absolute Gasteiger partial charge is 0.0383 e. The highest BCUT2D eigenvalue weighted by molar-refractivity contribution is 5.31. The lowest BCUT2D eigenvalue weighted by Gasteiger charge is -2.27. The fourth-order valence-electron chi connectivity index (χ4n) is 4.04. The van der Waals surface area contributed by atoms with Crippen LogP contribution in [0.15, 0.2) is 24.3 Å². The second-order valence-electron chi connectivity index (χ2n) is 8.58. The topological polar surface area (TPSA) is 57.5 Å². The minimum absolute atomic E-state index is 0. The molecule has 1 rings (SSSR count). The molecule has 1 aromatic rings. The molecule has 0 aliphatic heterocycles. The summed E-state index contributed by atoms with van der Waals surface area (Å²) in [4.78, 5) is 0. The standard InChI is InChI=1S/C25H45N.H2O/c1-4-5-6-7-8-9-10-11-12-13-14-15-16-19-22-25(3,26)24-21-18-17-20-23(24)2;/h17-18,20-21H,4-16,19,22,26H2,1-3H3;1H2. The number of hydrogen-bond acceptors (Lipinski definition) is 1. The molecule has 0 fully saturated rings. The summed E-state index contributed by atoms with van der Waals surface area (Å²) in [6.07, 6.45) is 20.8. The van der Waals surface area contributed by atoms with Gasteiger partial charge in [0.25, 0.3) is 0 Å². The predicted molar refractivity (Wildman–Crippen MR) is 121 cm³/mol. The van der Waals surface area contributed by atoms with E-state index in [1.54, 1.807) is 0 Å². The van der Waals surface area contributed by atoms with E-state index >= 15 is 0 Å². The molecule has 1 aromatic carbocycles. The van der Waals surface area contributed by atoms with E-state index in [0.717, 1.165) is 6.42 Å². The van der Waals surface area contributed by atoms with E-state index in [2.05, 4.69) is 45.0 Å². The van der Waals surface area contributed by atoms with E-state index in [0.29, 0.717) is 0 Å². The third-order valence-corrected chi connectivity index (χ3v) is 5.81. The van der Waals surface area contributed by atoms with Gasteiger partial charge < -0.3 is 11.2 Å². The van der Waals surface area contributed by atoms with Crippen molar-refractivity contribution in [1.82, 2.24) is 0 Å². The number of aryl methyl sites for hydroxylation is 1. The van der Waals surface area contributed by atoms with Crippen LogP contribution < -0.4 is 5.73 Å². The molecule has 0 aliphatic carbocycles. The highest BCUT2D eigenvalue weighted by Crippen LogP contribution is 2.27. The van der Waals surface area contributed by atoms with Crippen molar-refractivity contribution in [1.29, 1.82) is 0 Å².